The SMILES string of the molecule is O=C(O)[C@@H]1[C@@H]2C=C[C@@]3(O2)[C@@H]1C(=O)N1c2ccccc2[C@@H]2OCC[C@@H]2[C@@H]13. The Morgan fingerprint density at radius 3 is 3.00 bits per heavy atom. The molecule has 1 spiro atoms. The van der Waals surface area contributed by atoms with Gasteiger partial charge in [-0.1, -0.05) is 30.4 Å². The zero-order chi connectivity index (χ0) is 16.9. The van der Waals surface area contributed by atoms with Crippen LogP contribution in [-0.4, -0.2) is 41.3 Å². The highest BCUT2D eigenvalue weighted by atomic mass is 16.5. The summed E-state index contributed by atoms with van der Waals surface area (Å²) in [5.41, 5.74) is 1.03. The molecule has 0 aliphatic carbocycles. The third-order valence-electron chi connectivity index (χ3n) is 6.66. The Balaban J connectivity index is 1.59. The van der Waals surface area contributed by atoms with Gasteiger partial charge in [-0.15, -0.1) is 0 Å². The van der Waals surface area contributed by atoms with E-state index in [-0.39, 0.29) is 24.0 Å². The summed E-state index contributed by atoms with van der Waals surface area (Å²) < 4.78 is 12.2. The minimum absolute atomic E-state index is 0.0571. The average molecular weight is 339 g/mol. The monoisotopic (exact) mass is 339 g/mol. The number of hydrogen-bond donors (Lipinski definition) is 1. The minimum Gasteiger partial charge on any atom is -0.481 e. The summed E-state index contributed by atoms with van der Waals surface area (Å²) in [5, 5.41) is 9.70. The van der Waals surface area contributed by atoms with Gasteiger partial charge in [0.2, 0.25) is 5.91 Å². The molecule has 6 heteroatoms. The van der Waals surface area contributed by atoms with E-state index < -0.39 is 29.5 Å². The van der Waals surface area contributed by atoms with Gasteiger partial charge in [0.1, 0.15) is 11.5 Å². The normalized spacial score (nSPS) is 45.3. The summed E-state index contributed by atoms with van der Waals surface area (Å²) in [6.07, 6.45) is 4.07. The third kappa shape index (κ3) is 1.42. The van der Waals surface area contributed by atoms with Crippen molar-refractivity contribution in [1.29, 1.82) is 0 Å². The first-order valence-corrected chi connectivity index (χ1v) is 8.77. The molecule has 3 saturated heterocycles. The van der Waals surface area contributed by atoms with Crippen molar-refractivity contribution in [2.45, 2.75) is 30.3 Å². The van der Waals surface area contributed by atoms with Crippen molar-refractivity contribution in [3.63, 3.8) is 0 Å². The number of aliphatic carboxylic acids is 1. The van der Waals surface area contributed by atoms with Gasteiger partial charge in [-0.25, -0.2) is 0 Å². The van der Waals surface area contributed by atoms with Crippen LogP contribution < -0.4 is 4.90 Å². The number of carboxylic acids is 1. The van der Waals surface area contributed by atoms with Crippen molar-refractivity contribution in [2.75, 3.05) is 11.5 Å². The van der Waals surface area contributed by atoms with E-state index in [4.69, 9.17) is 9.47 Å². The number of anilines is 1. The van der Waals surface area contributed by atoms with Crippen molar-refractivity contribution in [2.24, 2.45) is 17.8 Å². The Kier molecular flexibility index (Phi) is 2.42. The number of ether oxygens (including phenoxy) is 2. The lowest BCUT2D eigenvalue weighted by Gasteiger charge is -2.43. The number of para-hydroxylation sites is 1. The lowest BCUT2D eigenvalue weighted by molar-refractivity contribution is -0.146. The highest BCUT2D eigenvalue weighted by Gasteiger charge is 2.74. The van der Waals surface area contributed by atoms with Crippen molar-refractivity contribution in [1.82, 2.24) is 0 Å². The van der Waals surface area contributed by atoms with Crippen LogP contribution in [0.15, 0.2) is 36.4 Å². The number of fused-ring (bicyclic) bond motifs is 7. The van der Waals surface area contributed by atoms with Gasteiger partial charge in [0.15, 0.2) is 0 Å². The first kappa shape index (κ1) is 14.0. The van der Waals surface area contributed by atoms with E-state index in [0.717, 1.165) is 17.7 Å². The van der Waals surface area contributed by atoms with Crippen molar-refractivity contribution in [3.8, 4) is 0 Å². The molecule has 0 aromatic heterocycles. The lowest BCUT2D eigenvalue weighted by atomic mass is 9.70. The number of carbonyl (C=O) groups excluding carboxylic acids is 1. The summed E-state index contributed by atoms with van der Waals surface area (Å²) in [7, 11) is 0. The summed E-state index contributed by atoms with van der Waals surface area (Å²) in [4.78, 5) is 27.0. The third-order valence-corrected chi connectivity index (χ3v) is 6.66. The second-order valence-corrected chi connectivity index (χ2v) is 7.59. The fourth-order valence-electron chi connectivity index (χ4n) is 5.86. The maximum Gasteiger partial charge on any atom is 0.310 e. The molecule has 0 unspecified atom stereocenters. The van der Waals surface area contributed by atoms with E-state index in [1.807, 2.05) is 41.3 Å². The number of benzene rings is 1. The summed E-state index contributed by atoms with van der Waals surface area (Å²) in [6.45, 7) is 0.651. The van der Waals surface area contributed by atoms with Gasteiger partial charge in [-0.3, -0.25) is 9.59 Å². The highest BCUT2D eigenvalue weighted by Crippen LogP contribution is 2.62. The van der Waals surface area contributed by atoms with E-state index >= 15 is 0 Å². The van der Waals surface area contributed by atoms with E-state index in [0.29, 0.717) is 6.61 Å². The van der Waals surface area contributed by atoms with Gasteiger partial charge < -0.3 is 19.5 Å². The standard InChI is InChI=1S/C19H17NO5/c21-17-14-13(18(22)23)12-5-7-19(14,25-12)16-10-6-8-24-15(10)9-3-1-2-4-11(9)20(16)17/h1-5,7,10,12-16H,6,8H2,(H,22,23)/t10-,12-,13+,14-,15-,16+,19+/m0/s1. The molecule has 7 atom stereocenters. The van der Waals surface area contributed by atoms with Gasteiger partial charge in [0, 0.05) is 23.8 Å². The van der Waals surface area contributed by atoms with Gasteiger partial charge in [-0.2, -0.15) is 0 Å². The first-order chi connectivity index (χ1) is 12.1. The van der Waals surface area contributed by atoms with E-state index in [9.17, 15) is 14.7 Å². The maximum absolute atomic E-state index is 13.4. The van der Waals surface area contributed by atoms with Gasteiger partial charge >= 0.3 is 5.97 Å². The molecule has 1 amide bonds. The maximum atomic E-state index is 13.4. The molecule has 128 valence electrons. The number of rotatable bonds is 1. The van der Waals surface area contributed by atoms with E-state index in [1.54, 1.807) is 0 Å². The smallest absolute Gasteiger partial charge is 0.310 e. The van der Waals surface area contributed by atoms with Crippen molar-refractivity contribution < 1.29 is 24.2 Å². The number of hydrogen-bond acceptors (Lipinski definition) is 4. The summed E-state index contributed by atoms with van der Waals surface area (Å²) >= 11 is 0. The fraction of sp³-hybridized carbons (Fsp3) is 0.474. The Morgan fingerprint density at radius 1 is 1.32 bits per heavy atom. The van der Waals surface area contributed by atoms with Crippen molar-refractivity contribution in [3.05, 3.63) is 42.0 Å². The van der Waals surface area contributed by atoms with Crippen LogP contribution in [0, 0.1) is 17.8 Å². The Bertz CT molecular complexity index is 850. The molecule has 0 radical (unpaired) electrons. The second kappa shape index (κ2) is 4.31. The van der Waals surface area contributed by atoms with Gasteiger partial charge in [0.25, 0.3) is 0 Å². The Morgan fingerprint density at radius 2 is 2.16 bits per heavy atom. The Labute approximate surface area is 144 Å². The zero-order valence-electron chi connectivity index (χ0n) is 13.4. The van der Waals surface area contributed by atoms with E-state index in [1.165, 1.54) is 0 Å². The molecule has 5 aliphatic heterocycles. The van der Waals surface area contributed by atoms with E-state index in [2.05, 4.69) is 0 Å². The molecule has 1 N–H and O–H groups in total. The molecule has 5 heterocycles. The van der Waals surface area contributed by atoms with Crippen LogP contribution in [0.4, 0.5) is 5.69 Å². The van der Waals surface area contributed by atoms with Crippen LogP contribution in [0.25, 0.3) is 0 Å². The van der Waals surface area contributed by atoms with Gasteiger partial charge in [-0.05, 0) is 12.5 Å². The molecular weight excluding hydrogens is 322 g/mol. The highest BCUT2D eigenvalue weighted by molar-refractivity contribution is 6.04. The van der Waals surface area contributed by atoms with Crippen LogP contribution in [0.3, 0.4) is 0 Å². The Hall–Kier alpha value is -2.18. The molecule has 5 aliphatic rings. The summed E-state index contributed by atoms with van der Waals surface area (Å²) in [5.74, 6) is -2.42. The lowest BCUT2D eigenvalue weighted by Crippen LogP contribution is -2.53. The quantitative estimate of drug-likeness (QED) is 0.785. The van der Waals surface area contributed by atoms with Crippen LogP contribution in [0.1, 0.15) is 18.1 Å². The van der Waals surface area contributed by atoms with Crippen LogP contribution in [0.5, 0.6) is 0 Å². The zero-order valence-corrected chi connectivity index (χ0v) is 13.4. The molecular formula is C19H17NO5. The molecule has 3 fully saturated rings. The first-order valence-electron chi connectivity index (χ1n) is 8.77. The van der Waals surface area contributed by atoms with Crippen molar-refractivity contribution >= 4 is 17.6 Å². The van der Waals surface area contributed by atoms with Crippen LogP contribution in [0.2, 0.25) is 0 Å². The molecule has 25 heavy (non-hydrogen) atoms. The van der Waals surface area contributed by atoms with Crippen LogP contribution >= 0.6 is 0 Å². The average Bonchev–Trinajstić information content (AvgIpc) is 3.35. The molecule has 1 aromatic rings. The largest absolute Gasteiger partial charge is 0.481 e. The fourth-order valence-corrected chi connectivity index (χ4v) is 5.86. The molecule has 1 aromatic carbocycles. The van der Waals surface area contributed by atoms with Crippen LogP contribution in [-0.2, 0) is 19.1 Å². The molecule has 0 saturated carbocycles. The molecule has 6 nitrogen and oxygen atoms in total. The predicted molar refractivity (Wildman–Crippen MR) is 85.9 cm³/mol. The summed E-state index contributed by atoms with van der Waals surface area (Å²) in [6, 6.07) is 7.61. The topological polar surface area (TPSA) is 76.1 Å². The minimum atomic E-state index is -0.957. The van der Waals surface area contributed by atoms with Gasteiger partial charge in [0.05, 0.1) is 24.2 Å². The molecule has 2 bridgehead atoms. The number of carboxylic acid groups (broad SMARTS) is 1. The number of carbonyl (C=O) groups is 2. The number of nitrogens with zero attached hydrogens (tertiary/aromatic N) is 1. The second-order valence-electron chi connectivity index (χ2n) is 7.59. The predicted octanol–water partition coefficient (Wildman–Crippen LogP) is 1.52. The number of amides is 1. The molecule has 6 rings (SSSR count).